The van der Waals surface area contributed by atoms with E-state index in [0.717, 1.165) is 0 Å². The number of carboxylic acids is 1. The Bertz CT molecular complexity index is 579. The zero-order valence-electron chi connectivity index (χ0n) is 7.91. The average Bonchev–Trinajstić information content (AvgIpc) is 2.29. The summed E-state index contributed by atoms with van der Waals surface area (Å²) < 4.78 is 0. The van der Waals surface area contributed by atoms with Gasteiger partial charge in [-0.3, -0.25) is 14.9 Å². The van der Waals surface area contributed by atoms with Crippen LogP contribution in [0.2, 0.25) is 0 Å². The zero-order valence-corrected chi connectivity index (χ0v) is 7.91. The summed E-state index contributed by atoms with van der Waals surface area (Å²) in [5.41, 5.74) is -0.896. The van der Waals surface area contributed by atoms with E-state index in [1.165, 1.54) is 12.4 Å². The molecule has 2 N–H and O–H groups in total. The first-order chi connectivity index (χ1) is 7.68. The molecule has 0 unspecified atom stereocenters. The Labute approximate surface area is 88.8 Å². The van der Waals surface area contributed by atoms with E-state index in [-0.39, 0.29) is 5.82 Å². The number of hydrogen-bond acceptors (Lipinski definition) is 5. The number of carbonyl (C=O) groups is 1. The number of pyridine rings is 1. The van der Waals surface area contributed by atoms with Crippen molar-refractivity contribution >= 4 is 5.97 Å². The molecule has 2 aromatic heterocycles. The zero-order chi connectivity index (χ0) is 11.5. The van der Waals surface area contributed by atoms with Crippen molar-refractivity contribution in [3.63, 3.8) is 0 Å². The molecule has 0 aromatic carbocycles. The van der Waals surface area contributed by atoms with Crippen LogP contribution in [0.15, 0.2) is 29.3 Å². The van der Waals surface area contributed by atoms with E-state index < -0.39 is 17.2 Å². The summed E-state index contributed by atoms with van der Waals surface area (Å²) in [5, 5.41) is 14.4. The van der Waals surface area contributed by atoms with Gasteiger partial charge in [0, 0.05) is 18.0 Å². The predicted octanol–water partition coefficient (Wildman–Crippen LogP) is -0.0749. The van der Waals surface area contributed by atoms with E-state index in [1.807, 2.05) is 0 Å². The Morgan fingerprint density at radius 3 is 2.56 bits per heavy atom. The van der Waals surface area contributed by atoms with Gasteiger partial charge in [-0.2, -0.15) is 10.1 Å². The summed E-state index contributed by atoms with van der Waals surface area (Å²) >= 11 is 0. The standard InChI is InChI=1S/C9H6N4O3/c14-8-6(9(15)16)12-13-7(11-8)5-1-3-10-4-2-5/h1-4H,(H,15,16)(H,11,13,14). The minimum atomic E-state index is -1.41. The van der Waals surface area contributed by atoms with Crippen LogP contribution in [0.25, 0.3) is 11.4 Å². The van der Waals surface area contributed by atoms with Crippen LogP contribution in [-0.4, -0.2) is 31.2 Å². The molecule has 0 saturated carbocycles. The van der Waals surface area contributed by atoms with Gasteiger partial charge in [-0.1, -0.05) is 0 Å². The van der Waals surface area contributed by atoms with E-state index in [2.05, 4.69) is 20.2 Å². The molecule has 0 spiro atoms. The lowest BCUT2D eigenvalue weighted by Crippen LogP contribution is -2.21. The van der Waals surface area contributed by atoms with Crippen LogP contribution in [0.1, 0.15) is 10.5 Å². The number of aromatic nitrogens is 4. The minimum Gasteiger partial charge on any atom is -0.476 e. The summed E-state index contributed by atoms with van der Waals surface area (Å²) in [6.45, 7) is 0. The van der Waals surface area contributed by atoms with Gasteiger partial charge in [0.25, 0.3) is 0 Å². The highest BCUT2D eigenvalue weighted by Crippen LogP contribution is 2.09. The van der Waals surface area contributed by atoms with Crippen molar-refractivity contribution in [3.8, 4) is 11.4 Å². The van der Waals surface area contributed by atoms with Gasteiger partial charge < -0.3 is 5.11 Å². The van der Waals surface area contributed by atoms with Crippen LogP contribution in [-0.2, 0) is 0 Å². The molecule has 16 heavy (non-hydrogen) atoms. The first kappa shape index (κ1) is 9.97. The average molecular weight is 218 g/mol. The van der Waals surface area contributed by atoms with Crippen molar-refractivity contribution in [1.29, 1.82) is 0 Å². The van der Waals surface area contributed by atoms with Gasteiger partial charge in [-0.05, 0) is 12.1 Å². The van der Waals surface area contributed by atoms with Gasteiger partial charge in [0.15, 0.2) is 5.82 Å². The van der Waals surface area contributed by atoms with Crippen molar-refractivity contribution < 1.29 is 9.90 Å². The highest BCUT2D eigenvalue weighted by atomic mass is 16.4. The molecule has 0 aliphatic carbocycles. The van der Waals surface area contributed by atoms with Crippen molar-refractivity contribution in [3.05, 3.63) is 40.6 Å². The van der Waals surface area contributed by atoms with Crippen molar-refractivity contribution in [2.24, 2.45) is 0 Å². The van der Waals surface area contributed by atoms with Crippen LogP contribution in [0.5, 0.6) is 0 Å². The lowest BCUT2D eigenvalue weighted by atomic mass is 10.2. The first-order valence-corrected chi connectivity index (χ1v) is 4.29. The second kappa shape index (κ2) is 3.89. The molecule has 80 valence electrons. The maximum absolute atomic E-state index is 11.3. The van der Waals surface area contributed by atoms with Crippen LogP contribution in [0.3, 0.4) is 0 Å². The van der Waals surface area contributed by atoms with E-state index in [0.29, 0.717) is 5.56 Å². The number of carboxylic acid groups (broad SMARTS) is 1. The highest BCUT2D eigenvalue weighted by Gasteiger charge is 2.12. The SMILES string of the molecule is O=C(O)c1n[nH]c(-c2ccncc2)nc1=O. The molecule has 2 rings (SSSR count). The molecule has 0 fully saturated rings. The third kappa shape index (κ3) is 1.78. The maximum Gasteiger partial charge on any atom is 0.362 e. The van der Waals surface area contributed by atoms with E-state index >= 15 is 0 Å². The monoisotopic (exact) mass is 218 g/mol. The van der Waals surface area contributed by atoms with Crippen molar-refractivity contribution in [2.75, 3.05) is 0 Å². The maximum atomic E-state index is 11.3. The lowest BCUT2D eigenvalue weighted by molar-refractivity contribution is 0.0687. The quantitative estimate of drug-likeness (QED) is 0.729. The molecule has 7 heteroatoms. The molecular formula is C9H6N4O3. The van der Waals surface area contributed by atoms with Gasteiger partial charge in [-0.25, -0.2) is 4.79 Å². The smallest absolute Gasteiger partial charge is 0.362 e. The Hall–Kier alpha value is -2.57. The Morgan fingerprint density at radius 1 is 1.31 bits per heavy atom. The fourth-order valence-electron chi connectivity index (χ4n) is 1.11. The number of nitrogens with one attached hydrogen (secondary N) is 1. The molecule has 0 aliphatic heterocycles. The second-order valence-electron chi connectivity index (χ2n) is 2.88. The van der Waals surface area contributed by atoms with E-state index in [1.54, 1.807) is 12.1 Å². The van der Waals surface area contributed by atoms with Gasteiger partial charge >= 0.3 is 11.5 Å². The molecule has 0 amide bonds. The lowest BCUT2D eigenvalue weighted by Gasteiger charge is -1.98. The number of aromatic carboxylic acids is 1. The third-order valence-corrected chi connectivity index (χ3v) is 1.85. The predicted molar refractivity (Wildman–Crippen MR) is 52.8 cm³/mol. The van der Waals surface area contributed by atoms with Crippen molar-refractivity contribution in [1.82, 2.24) is 20.2 Å². The molecule has 0 atom stereocenters. The number of aromatic amines is 1. The fourth-order valence-corrected chi connectivity index (χ4v) is 1.11. The van der Waals surface area contributed by atoms with Crippen LogP contribution < -0.4 is 5.56 Å². The number of H-pyrrole nitrogens is 1. The Kier molecular flexibility index (Phi) is 2.42. The molecule has 0 bridgehead atoms. The molecule has 0 saturated heterocycles. The minimum absolute atomic E-state index is 0.206. The van der Waals surface area contributed by atoms with E-state index in [9.17, 15) is 9.59 Å². The second-order valence-corrected chi connectivity index (χ2v) is 2.88. The largest absolute Gasteiger partial charge is 0.476 e. The van der Waals surface area contributed by atoms with Gasteiger partial charge in [0.2, 0.25) is 5.69 Å². The topological polar surface area (TPSA) is 109 Å². The Balaban J connectivity index is 2.51. The Morgan fingerprint density at radius 2 is 2.00 bits per heavy atom. The van der Waals surface area contributed by atoms with Crippen molar-refractivity contribution in [2.45, 2.75) is 0 Å². The molecule has 0 aliphatic rings. The number of nitrogens with zero attached hydrogens (tertiary/aromatic N) is 3. The van der Waals surface area contributed by atoms with Crippen LogP contribution in [0.4, 0.5) is 0 Å². The molecule has 2 aromatic rings. The molecule has 7 nitrogen and oxygen atoms in total. The molecular weight excluding hydrogens is 212 g/mol. The fraction of sp³-hybridized carbons (Fsp3) is 0. The first-order valence-electron chi connectivity index (χ1n) is 4.29. The summed E-state index contributed by atoms with van der Waals surface area (Å²) in [4.78, 5) is 29.2. The van der Waals surface area contributed by atoms with Crippen LogP contribution in [0, 0.1) is 0 Å². The third-order valence-electron chi connectivity index (χ3n) is 1.85. The summed E-state index contributed by atoms with van der Waals surface area (Å²) in [5.74, 6) is -1.20. The summed E-state index contributed by atoms with van der Waals surface area (Å²) in [6.07, 6.45) is 3.06. The van der Waals surface area contributed by atoms with Gasteiger partial charge in [0.1, 0.15) is 0 Å². The normalized spacial score (nSPS) is 10.0. The highest BCUT2D eigenvalue weighted by molar-refractivity contribution is 5.84. The summed E-state index contributed by atoms with van der Waals surface area (Å²) in [6, 6.07) is 3.25. The summed E-state index contributed by atoms with van der Waals surface area (Å²) in [7, 11) is 0. The van der Waals surface area contributed by atoms with E-state index in [4.69, 9.17) is 5.11 Å². The van der Waals surface area contributed by atoms with Gasteiger partial charge in [0.05, 0.1) is 0 Å². The van der Waals surface area contributed by atoms with Crippen LogP contribution >= 0.6 is 0 Å². The molecule has 2 heterocycles. The van der Waals surface area contributed by atoms with Gasteiger partial charge in [-0.15, -0.1) is 0 Å². The number of hydrogen-bond donors (Lipinski definition) is 2. The number of rotatable bonds is 2. The molecule has 0 radical (unpaired) electrons.